The molecule has 0 fully saturated rings. The maximum atomic E-state index is 12.8. The fourth-order valence-electron chi connectivity index (χ4n) is 4.20. The minimum atomic E-state index is -1.50. The van der Waals surface area contributed by atoms with Crippen molar-refractivity contribution in [1.82, 2.24) is 20.6 Å². The van der Waals surface area contributed by atoms with Gasteiger partial charge in [0.25, 0.3) is 0 Å². The number of aliphatic hydroxyl groups is 1. The van der Waals surface area contributed by atoms with Crippen LogP contribution in [0.1, 0.15) is 37.6 Å². The third-order valence-electron chi connectivity index (χ3n) is 6.50. The Morgan fingerprint density at radius 2 is 1.75 bits per heavy atom. The highest BCUT2D eigenvalue weighted by atomic mass is 16.6. The molecule has 2 aromatic heterocycles. The lowest BCUT2D eigenvalue weighted by Crippen LogP contribution is -2.42. The number of hydrogen-bond acceptors (Lipinski definition) is 7. The molecule has 9 heteroatoms. The zero-order valence-corrected chi connectivity index (χ0v) is 22.5. The largest absolute Gasteiger partial charge is 0.437 e. The van der Waals surface area contributed by atoms with Crippen molar-refractivity contribution in [2.75, 3.05) is 13.1 Å². The summed E-state index contributed by atoms with van der Waals surface area (Å²) in [6.07, 6.45) is 5.76. The molecule has 0 saturated heterocycles. The first-order valence-corrected chi connectivity index (χ1v) is 13.3. The summed E-state index contributed by atoms with van der Waals surface area (Å²) in [6, 6.07) is 22.7. The number of ether oxygens (including phenoxy) is 1. The Balaban J connectivity index is 1.31. The number of amides is 2. The van der Waals surface area contributed by atoms with Crippen molar-refractivity contribution in [3.63, 3.8) is 0 Å². The molecule has 3 N–H and O–H groups in total. The van der Waals surface area contributed by atoms with Crippen LogP contribution in [0.4, 0.5) is 4.79 Å². The summed E-state index contributed by atoms with van der Waals surface area (Å²) in [5.41, 5.74) is 0.409. The van der Waals surface area contributed by atoms with Crippen molar-refractivity contribution in [1.29, 1.82) is 0 Å². The molecule has 2 amide bonds. The van der Waals surface area contributed by atoms with E-state index in [1.165, 1.54) is 6.20 Å². The molecule has 0 aliphatic heterocycles. The van der Waals surface area contributed by atoms with Gasteiger partial charge in [0.05, 0.1) is 18.9 Å². The highest BCUT2D eigenvalue weighted by Gasteiger charge is 2.35. The molecule has 0 radical (unpaired) electrons. The lowest BCUT2D eigenvalue weighted by atomic mass is 9.94. The quantitative estimate of drug-likeness (QED) is 0.220. The molecule has 4 rings (SSSR count). The Hall–Kier alpha value is -4.50. The van der Waals surface area contributed by atoms with Crippen LogP contribution in [0.15, 0.2) is 95.8 Å². The Morgan fingerprint density at radius 3 is 2.48 bits per heavy atom. The molecule has 0 aliphatic rings. The summed E-state index contributed by atoms with van der Waals surface area (Å²) in [6.45, 7) is 2.23. The van der Waals surface area contributed by atoms with Crippen LogP contribution in [-0.4, -0.2) is 40.2 Å². The van der Waals surface area contributed by atoms with Gasteiger partial charge in [-0.1, -0.05) is 67.6 Å². The fraction of sp³-hybridized carbons (Fsp3) is 0.290. The molecule has 2 aromatic carbocycles. The van der Waals surface area contributed by atoms with Crippen molar-refractivity contribution in [3.05, 3.63) is 103 Å². The number of nitrogens with zero attached hydrogens (tertiary/aromatic N) is 2. The van der Waals surface area contributed by atoms with E-state index >= 15 is 0 Å². The minimum absolute atomic E-state index is 0.0116. The van der Waals surface area contributed by atoms with Crippen molar-refractivity contribution in [2.24, 2.45) is 5.92 Å². The minimum Gasteiger partial charge on any atom is -0.437 e. The normalized spacial score (nSPS) is 13.2. The predicted octanol–water partition coefficient (Wildman–Crippen LogP) is 4.88. The summed E-state index contributed by atoms with van der Waals surface area (Å²) in [7, 11) is 0. The average molecular weight is 543 g/mol. The van der Waals surface area contributed by atoms with E-state index in [9.17, 15) is 14.7 Å². The number of hydrogen-bond donors (Lipinski definition) is 3. The highest BCUT2D eigenvalue weighted by molar-refractivity contribution is 5.76. The average Bonchev–Trinajstić information content (AvgIpc) is 3.48. The monoisotopic (exact) mass is 542 g/mol. The highest BCUT2D eigenvalue weighted by Crippen LogP contribution is 2.30. The van der Waals surface area contributed by atoms with Gasteiger partial charge in [-0.15, -0.1) is 0 Å². The summed E-state index contributed by atoms with van der Waals surface area (Å²) < 4.78 is 11.1. The first-order valence-electron chi connectivity index (χ1n) is 13.3. The van der Waals surface area contributed by atoms with Gasteiger partial charge in [0.15, 0.2) is 17.1 Å². The first kappa shape index (κ1) is 28.5. The van der Waals surface area contributed by atoms with E-state index in [4.69, 9.17) is 9.15 Å². The third-order valence-corrected chi connectivity index (χ3v) is 6.50. The molecule has 4 aromatic rings. The molecular formula is C31H34N4O5. The van der Waals surface area contributed by atoms with Gasteiger partial charge in [-0.3, -0.25) is 9.78 Å². The van der Waals surface area contributed by atoms with Crippen LogP contribution in [0.2, 0.25) is 0 Å². The summed E-state index contributed by atoms with van der Waals surface area (Å²) >= 11 is 0. The molecule has 208 valence electrons. The molecule has 40 heavy (non-hydrogen) atoms. The lowest BCUT2D eigenvalue weighted by molar-refractivity contribution is -0.123. The van der Waals surface area contributed by atoms with Gasteiger partial charge in [0.2, 0.25) is 11.8 Å². The molecule has 2 atom stereocenters. The smallest absolute Gasteiger partial charge is 0.412 e. The number of carbonyl (C=O) groups excluding carboxylic acids is 2. The van der Waals surface area contributed by atoms with E-state index in [2.05, 4.69) is 20.6 Å². The molecule has 0 bridgehead atoms. The number of benzene rings is 2. The third kappa shape index (κ3) is 8.51. The van der Waals surface area contributed by atoms with Gasteiger partial charge in [-0.05, 0) is 42.9 Å². The van der Waals surface area contributed by atoms with E-state index in [1.54, 1.807) is 24.5 Å². The van der Waals surface area contributed by atoms with Crippen LogP contribution < -0.4 is 15.4 Å². The summed E-state index contributed by atoms with van der Waals surface area (Å²) in [5, 5.41) is 17.2. The standard InChI is InChI=1S/C31H34N4O5/c1-23(15-18-33-30(37)39-26-13-8-17-32-20-26)19-28(36)35-22-31(38,16-14-24-9-4-2-5-10-24)29-34-21-27(40-29)25-11-6-3-7-12-25/h2-13,17,20-21,23,38H,14-16,18-19,22H2,1H3,(H,33,37)(H,35,36). The Bertz CT molecular complexity index is 1350. The predicted molar refractivity (Wildman–Crippen MR) is 150 cm³/mol. The topological polar surface area (TPSA) is 127 Å². The molecule has 0 saturated carbocycles. The molecular weight excluding hydrogens is 508 g/mol. The first-order chi connectivity index (χ1) is 19.4. The molecule has 0 spiro atoms. The van der Waals surface area contributed by atoms with E-state index in [0.29, 0.717) is 37.3 Å². The van der Waals surface area contributed by atoms with Crippen molar-refractivity contribution in [3.8, 4) is 17.1 Å². The van der Waals surface area contributed by atoms with Gasteiger partial charge < -0.3 is 24.9 Å². The Morgan fingerprint density at radius 1 is 1.00 bits per heavy atom. The molecule has 2 heterocycles. The maximum absolute atomic E-state index is 12.8. The maximum Gasteiger partial charge on any atom is 0.412 e. The lowest BCUT2D eigenvalue weighted by Gasteiger charge is -2.26. The van der Waals surface area contributed by atoms with Crippen LogP contribution in [0.25, 0.3) is 11.3 Å². The summed E-state index contributed by atoms with van der Waals surface area (Å²) in [4.78, 5) is 33.0. The zero-order chi connectivity index (χ0) is 28.2. The van der Waals surface area contributed by atoms with Crippen molar-refractivity contribution < 1.29 is 23.8 Å². The fourth-order valence-corrected chi connectivity index (χ4v) is 4.20. The Labute approximate surface area is 233 Å². The number of rotatable bonds is 13. The van der Waals surface area contributed by atoms with Gasteiger partial charge in [-0.2, -0.15) is 0 Å². The number of oxazole rings is 1. The zero-order valence-electron chi connectivity index (χ0n) is 22.5. The van der Waals surface area contributed by atoms with E-state index in [0.717, 1.165) is 11.1 Å². The van der Waals surface area contributed by atoms with E-state index < -0.39 is 11.7 Å². The second kappa shape index (κ2) is 14.0. The second-order valence-corrected chi connectivity index (χ2v) is 9.79. The van der Waals surface area contributed by atoms with Gasteiger partial charge in [0.1, 0.15) is 0 Å². The van der Waals surface area contributed by atoms with Gasteiger partial charge in [-0.25, -0.2) is 9.78 Å². The SMILES string of the molecule is CC(CCNC(=O)Oc1cccnc1)CC(=O)NCC(O)(CCc1ccccc1)c1ncc(-c2ccccc2)o1. The van der Waals surface area contributed by atoms with Crippen LogP contribution in [0.5, 0.6) is 5.75 Å². The van der Waals surface area contributed by atoms with E-state index in [1.807, 2.05) is 67.6 Å². The summed E-state index contributed by atoms with van der Waals surface area (Å²) in [5.74, 6) is 0.838. The van der Waals surface area contributed by atoms with Crippen molar-refractivity contribution in [2.45, 2.75) is 38.2 Å². The van der Waals surface area contributed by atoms with Crippen LogP contribution in [0, 0.1) is 5.92 Å². The number of aromatic nitrogens is 2. The number of pyridine rings is 1. The van der Waals surface area contributed by atoms with Gasteiger partial charge in [0, 0.05) is 24.7 Å². The van der Waals surface area contributed by atoms with Crippen LogP contribution in [-0.2, 0) is 16.8 Å². The number of nitrogens with one attached hydrogen (secondary N) is 2. The van der Waals surface area contributed by atoms with E-state index in [-0.39, 0.29) is 30.7 Å². The van der Waals surface area contributed by atoms with Gasteiger partial charge >= 0.3 is 6.09 Å². The number of carbonyl (C=O) groups is 2. The number of aryl methyl sites for hydroxylation is 1. The second-order valence-electron chi connectivity index (χ2n) is 9.79. The van der Waals surface area contributed by atoms with Crippen LogP contribution >= 0.6 is 0 Å². The van der Waals surface area contributed by atoms with Crippen molar-refractivity contribution >= 4 is 12.0 Å². The Kier molecular flexibility index (Phi) is 10.0. The molecule has 2 unspecified atom stereocenters. The molecule has 0 aliphatic carbocycles. The molecule has 9 nitrogen and oxygen atoms in total. The van der Waals surface area contributed by atoms with Crippen LogP contribution in [0.3, 0.4) is 0 Å².